The first-order valence-corrected chi connectivity index (χ1v) is 7.23. The van der Waals surface area contributed by atoms with Crippen molar-refractivity contribution in [3.8, 4) is 0 Å². The monoisotopic (exact) mass is 281 g/mol. The van der Waals surface area contributed by atoms with Gasteiger partial charge in [-0.25, -0.2) is 0 Å². The zero-order valence-corrected chi connectivity index (χ0v) is 11.8. The first-order chi connectivity index (χ1) is 9.25. The number of ether oxygens (including phenoxy) is 1. The van der Waals surface area contributed by atoms with Gasteiger partial charge in [-0.2, -0.15) is 0 Å². The normalized spacial score (nSPS) is 19.1. The van der Waals surface area contributed by atoms with Gasteiger partial charge in [-0.05, 0) is 44.3 Å². The molecule has 1 heterocycles. The third-order valence-corrected chi connectivity index (χ3v) is 3.87. The standard InChI is InChI=1S/C15H20ClNO2/c16-14-6-2-1-5-13(14)11-19-15(18)8-7-12-4-3-9-17-10-12/h1-2,5-6,12,17H,3-4,7-11H2. The minimum absolute atomic E-state index is 0.134. The van der Waals surface area contributed by atoms with Gasteiger partial charge in [0.05, 0.1) is 0 Å². The molecule has 4 heteroatoms. The molecule has 1 aromatic rings. The number of carbonyl (C=O) groups excluding carboxylic acids is 1. The molecular formula is C15H20ClNO2. The molecule has 0 aromatic heterocycles. The second kappa shape index (κ2) is 7.51. The Morgan fingerprint density at radius 2 is 2.26 bits per heavy atom. The molecule has 1 N–H and O–H groups in total. The average molecular weight is 282 g/mol. The number of carbonyl (C=O) groups is 1. The van der Waals surface area contributed by atoms with Crippen LogP contribution in [0, 0.1) is 5.92 Å². The summed E-state index contributed by atoms with van der Waals surface area (Å²) in [6, 6.07) is 7.44. The molecule has 2 rings (SSSR count). The van der Waals surface area contributed by atoms with E-state index < -0.39 is 0 Å². The van der Waals surface area contributed by atoms with Crippen LogP contribution in [0.3, 0.4) is 0 Å². The summed E-state index contributed by atoms with van der Waals surface area (Å²) in [5, 5.41) is 4.00. The second-order valence-electron chi connectivity index (χ2n) is 5.00. The number of rotatable bonds is 5. The number of piperidine rings is 1. The Labute approximate surface area is 119 Å². The largest absolute Gasteiger partial charge is 0.461 e. The minimum Gasteiger partial charge on any atom is -0.461 e. The highest BCUT2D eigenvalue weighted by Crippen LogP contribution is 2.18. The van der Waals surface area contributed by atoms with Crippen LogP contribution in [-0.2, 0) is 16.1 Å². The Bertz CT molecular complexity index is 416. The highest BCUT2D eigenvalue weighted by molar-refractivity contribution is 6.31. The van der Waals surface area contributed by atoms with Gasteiger partial charge < -0.3 is 10.1 Å². The SMILES string of the molecule is O=C(CCC1CCCNC1)OCc1ccccc1Cl. The smallest absolute Gasteiger partial charge is 0.306 e. The molecule has 3 nitrogen and oxygen atoms in total. The summed E-state index contributed by atoms with van der Waals surface area (Å²) < 4.78 is 5.26. The molecule has 1 aliphatic heterocycles. The third kappa shape index (κ3) is 4.84. The maximum Gasteiger partial charge on any atom is 0.306 e. The van der Waals surface area contributed by atoms with Crippen molar-refractivity contribution >= 4 is 17.6 Å². The van der Waals surface area contributed by atoms with Crippen molar-refractivity contribution in [1.82, 2.24) is 5.32 Å². The molecule has 0 bridgehead atoms. The van der Waals surface area contributed by atoms with Crippen molar-refractivity contribution in [2.75, 3.05) is 13.1 Å². The summed E-state index contributed by atoms with van der Waals surface area (Å²) in [5.74, 6) is 0.479. The number of nitrogens with one attached hydrogen (secondary N) is 1. The summed E-state index contributed by atoms with van der Waals surface area (Å²) >= 11 is 6.01. The van der Waals surface area contributed by atoms with Crippen molar-refractivity contribution in [3.05, 3.63) is 34.9 Å². The molecular weight excluding hydrogens is 262 g/mol. The number of benzene rings is 1. The van der Waals surface area contributed by atoms with Gasteiger partial charge in [0.25, 0.3) is 0 Å². The van der Waals surface area contributed by atoms with Crippen molar-refractivity contribution in [2.45, 2.75) is 32.3 Å². The van der Waals surface area contributed by atoms with Crippen LogP contribution in [0.25, 0.3) is 0 Å². The number of hydrogen-bond acceptors (Lipinski definition) is 3. The van der Waals surface area contributed by atoms with Gasteiger partial charge in [0.1, 0.15) is 6.61 Å². The zero-order chi connectivity index (χ0) is 13.5. The van der Waals surface area contributed by atoms with E-state index in [2.05, 4.69) is 5.32 Å². The lowest BCUT2D eigenvalue weighted by Gasteiger charge is -2.22. The summed E-state index contributed by atoms with van der Waals surface area (Å²) in [6.45, 7) is 2.40. The molecule has 1 aromatic carbocycles. The van der Waals surface area contributed by atoms with Gasteiger partial charge in [-0.15, -0.1) is 0 Å². The number of halogens is 1. The highest BCUT2D eigenvalue weighted by Gasteiger charge is 2.15. The van der Waals surface area contributed by atoms with Crippen molar-refractivity contribution in [3.63, 3.8) is 0 Å². The van der Waals surface area contributed by atoms with Crippen LogP contribution in [-0.4, -0.2) is 19.1 Å². The molecule has 1 aliphatic rings. The quantitative estimate of drug-likeness (QED) is 0.843. The molecule has 0 spiro atoms. The third-order valence-electron chi connectivity index (χ3n) is 3.50. The van der Waals surface area contributed by atoms with E-state index in [-0.39, 0.29) is 12.6 Å². The van der Waals surface area contributed by atoms with Crippen molar-refractivity contribution in [1.29, 1.82) is 0 Å². The van der Waals surface area contributed by atoms with Crippen LogP contribution in [0.4, 0.5) is 0 Å². The second-order valence-corrected chi connectivity index (χ2v) is 5.41. The van der Waals surface area contributed by atoms with Crippen LogP contribution in [0.1, 0.15) is 31.2 Å². The van der Waals surface area contributed by atoms with Gasteiger partial charge in [-0.1, -0.05) is 29.8 Å². The summed E-state index contributed by atoms with van der Waals surface area (Å²) in [7, 11) is 0. The van der Waals surface area contributed by atoms with E-state index in [0.29, 0.717) is 17.4 Å². The zero-order valence-electron chi connectivity index (χ0n) is 11.0. The maximum atomic E-state index is 11.7. The Balaban J connectivity index is 1.68. The Morgan fingerprint density at radius 3 is 3.00 bits per heavy atom. The van der Waals surface area contributed by atoms with Crippen LogP contribution in [0.2, 0.25) is 5.02 Å². The lowest BCUT2D eigenvalue weighted by atomic mass is 9.95. The molecule has 1 unspecified atom stereocenters. The Morgan fingerprint density at radius 1 is 1.42 bits per heavy atom. The molecule has 0 amide bonds. The fraction of sp³-hybridized carbons (Fsp3) is 0.533. The van der Waals surface area contributed by atoms with Crippen LogP contribution < -0.4 is 5.32 Å². The van der Waals surface area contributed by atoms with Gasteiger partial charge in [0.2, 0.25) is 0 Å². The van der Waals surface area contributed by atoms with Crippen LogP contribution in [0.5, 0.6) is 0 Å². The lowest BCUT2D eigenvalue weighted by Crippen LogP contribution is -2.30. The van der Waals surface area contributed by atoms with E-state index in [1.807, 2.05) is 18.2 Å². The van der Waals surface area contributed by atoms with Crippen LogP contribution in [0.15, 0.2) is 24.3 Å². The average Bonchev–Trinajstić information content (AvgIpc) is 2.45. The topological polar surface area (TPSA) is 38.3 Å². The lowest BCUT2D eigenvalue weighted by molar-refractivity contribution is -0.145. The number of esters is 1. The highest BCUT2D eigenvalue weighted by atomic mass is 35.5. The molecule has 0 aliphatic carbocycles. The molecule has 1 fully saturated rings. The van der Waals surface area contributed by atoms with Crippen LogP contribution >= 0.6 is 11.6 Å². The van der Waals surface area contributed by atoms with Gasteiger partial charge in [-0.3, -0.25) is 4.79 Å². The predicted octanol–water partition coefficient (Wildman–Crippen LogP) is 3.16. The maximum absolute atomic E-state index is 11.7. The molecule has 0 radical (unpaired) electrons. The summed E-state index contributed by atoms with van der Waals surface area (Å²) in [6.07, 6.45) is 3.83. The number of hydrogen-bond donors (Lipinski definition) is 1. The first-order valence-electron chi connectivity index (χ1n) is 6.85. The van der Waals surface area contributed by atoms with E-state index in [4.69, 9.17) is 16.3 Å². The van der Waals surface area contributed by atoms with Gasteiger partial charge in [0, 0.05) is 17.0 Å². The summed E-state index contributed by atoms with van der Waals surface area (Å²) in [4.78, 5) is 11.7. The van der Waals surface area contributed by atoms with Gasteiger partial charge in [0.15, 0.2) is 0 Å². The molecule has 1 atom stereocenters. The van der Waals surface area contributed by atoms with E-state index in [1.165, 1.54) is 12.8 Å². The Hall–Kier alpha value is -1.06. The van der Waals surface area contributed by atoms with E-state index in [0.717, 1.165) is 25.1 Å². The molecule has 0 saturated carbocycles. The van der Waals surface area contributed by atoms with Crippen molar-refractivity contribution < 1.29 is 9.53 Å². The Kier molecular flexibility index (Phi) is 5.67. The first kappa shape index (κ1) is 14.4. The minimum atomic E-state index is -0.134. The van der Waals surface area contributed by atoms with Gasteiger partial charge >= 0.3 is 5.97 Å². The fourth-order valence-corrected chi connectivity index (χ4v) is 2.53. The summed E-state index contributed by atoms with van der Waals surface area (Å²) in [5.41, 5.74) is 0.858. The molecule has 19 heavy (non-hydrogen) atoms. The van der Waals surface area contributed by atoms with E-state index >= 15 is 0 Å². The fourth-order valence-electron chi connectivity index (χ4n) is 2.34. The van der Waals surface area contributed by atoms with Crippen molar-refractivity contribution in [2.24, 2.45) is 5.92 Å². The van der Waals surface area contributed by atoms with E-state index in [1.54, 1.807) is 6.07 Å². The predicted molar refractivity (Wildman–Crippen MR) is 76.1 cm³/mol. The molecule has 1 saturated heterocycles. The molecule has 104 valence electrons. The van der Waals surface area contributed by atoms with E-state index in [9.17, 15) is 4.79 Å².